The highest BCUT2D eigenvalue weighted by Gasteiger charge is 2.11. The van der Waals surface area contributed by atoms with Crippen LogP contribution in [0.25, 0.3) is 0 Å². The third-order valence-electron chi connectivity index (χ3n) is 2.93. The molecule has 2 aromatic rings. The van der Waals surface area contributed by atoms with Crippen molar-refractivity contribution in [2.45, 2.75) is 0 Å². The molecule has 0 atom stereocenters. The number of halogens is 2. The second-order valence-corrected chi connectivity index (χ2v) is 5.32. The van der Waals surface area contributed by atoms with Gasteiger partial charge >= 0.3 is 0 Å². The van der Waals surface area contributed by atoms with Crippen molar-refractivity contribution < 1.29 is 19.0 Å². The number of hydrogen-bond donors (Lipinski definition) is 1. The molecule has 0 spiro atoms. The van der Waals surface area contributed by atoms with Crippen LogP contribution in [0.2, 0.25) is 10.0 Å². The molecule has 0 aliphatic heterocycles. The molecule has 0 aliphatic rings. The largest absolute Gasteiger partial charge is 0.497 e. The topological polar surface area (TPSA) is 56.8 Å². The molecule has 0 unspecified atom stereocenters. The third-order valence-corrected chi connectivity index (χ3v) is 3.46. The smallest absolute Gasteiger partial charge is 0.262 e. The number of carbonyl (C=O) groups is 1. The Balaban J connectivity index is 2.02. The molecule has 0 heterocycles. The molecule has 122 valence electrons. The van der Waals surface area contributed by atoms with Gasteiger partial charge < -0.3 is 19.5 Å². The van der Waals surface area contributed by atoms with Crippen LogP contribution < -0.4 is 19.5 Å². The first-order valence-electron chi connectivity index (χ1n) is 6.63. The molecule has 0 saturated heterocycles. The standard InChI is InChI=1S/C16H15Cl2NO4/c1-21-11-4-6-15(22-2)13(8-11)19-16(20)9-23-14-5-3-10(17)7-12(14)18/h3-8H,9H2,1-2H3,(H,19,20). The van der Waals surface area contributed by atoms with Gasteiger partial charge in [-0.05, 0) is 30.3 Å². The van der Waals surface area contributed by atoms with Crippen molar-refractivity contribution in [2.24, 2.45) is 0 Å². The van der Waals surface area contributed by atoms with Crippen molar-refractivity contribution in [1.29, 1.82) is 0 Å². The summed E-state index contributed by atoms with van der Waals surface area (Å²) < 4.78 is 15.7. The number of ether oxygens (including phenoxy) is 3. The van der Waals surface area contributed by atoms with E-state index in [1.165, 1.54) is 7.11 Å². The second kappa shape index (κ2) is 7.94. The molecule has 0 radical (unpaired) electrons. The number of hydrogen-bond acceptors (Lipinski definition) is 4. The molecule has 2 rings (SSSR count). The highest BCUT2D eigenvalue weighted by molar-refractivity contribution is 6.35. The molecule has 5 nitrogen and oxygen atoms in total. The van der Waals surface area contributed by atoms with Gasteiger partial charge in [0.25, 0.3) is 5.91 Å². The Kier molecular flexibility index (Phi) is 5.96. The van der Waals surface area contributed by atoms with Gasteiger partial charge in [-0.3, -0.25) is 4.79 Å². The number of benzene rings is 2. The van der Waals surface area contributed by atoms with E-state index in [0.29, 0.717) is 33.0 Å². The van der Waals surface area contributed by atoms with Gasteiger partial charge in [0.05, 0.1) is 24.9 Å². The summed E-state index contributed by atoms with van der Waals surface area (Å²) in [4.78, 5) is 12.0. The lowest BCUT2D eigenvalue weighted by atomic mass is 10.2. The Hall–Kier alpha value is -2.11. The van der Waals surface area contributed by atoms with Crippen molar-refractivity contribution in [1.82, 2.24) is 0 Å². The minimum Gasteiger partial charge on any atom is -0.497 e. The predicted molar refractivity (Wildman–Crippen MR) is 90.1 cm³/mol. The first kappa shape index (κ1) is 17.2. The van der Waals surface area contributed by atoms with Crippen LogP contribution >= 0.6 is 23.2 Å². The maximum Gasteiger partial charge on any atom is 0.262 e. The molecule has 0 aliphatic carbocycles. The average Bonchev–Trinajstić information content (AvgIpc) is 2.54. The lowest BCUT2D eigenvalue weighted by Crippen LogP contribution is -2.20. The summed E-state index contributed by atoms with van der Waals surface area (Å²) >= 11 is 11.8. The van der Waals surface area contributed by atoms with Crippen LogP contribution in [0.3, 0.4) is 0 Å². The zero-order valence-corrected chi connectivity index (χ0v) is 14.1. The predicted octanol–water partition coefficient (Wildman–Crippen LogP) is 4.03. The van der Waals surface area contributed by atoms with Gasteiger partial charge in [-0.2, -0.15) is 0 Å². The number of carbonyl (C=O) groups excluding carboxylic acids is 1. The van der Waals surface area contributed by atoms with Crippen molar-refractivity contribution in [3.05, 3.63) is 46.4 Å². The normalized spacial score (nSPS) is 10.1. The van der Waals surface area contributed by atoms with Crippen molar-refractivity contribution in [3.63, 3.8) is 0 Å². The van der Waals surface area contributed by atoms with Crippen LogP contribution in [0.15, 0.2) is 36.4 Å². The first-order chi connectivity index (χ1) is 11.0. The molecule has 7 heteroatoms. The van der Waals surface area contributed by atoms with Crippen LogP contribution in [0.1, 0.15) is 0 Å². The quantitative estimate of drug-likeness (QED) is 0.849. The number of rotatable bonds is 6. The number of nitrogens with one attached hydrogen (secondary N) is 1. The van der Waals surface area contributed by atoms with Gasteiger partial charge in [0.2, 0.25) is 0 Å². The summed E-state index contributed by atoms with van der Waals surface area (Å²) in [6.07, 6.45) is 0. The highest BCUT2D eigenvalue weighted by Crippen LogP contribution is 2.29. The minimum atomic E-state index is -0.359. The van der Waals surface area contributed by atoms with Gasteiger partial charge in [0.15, 0.2) is 6.61 Å². The fourth-order valence-corrected chi connectivity index (χ4v) is 2.30. The van der Waals surface area contributed by atoms with E-state index < -0.39 is 0 Å². The van der Waals surface area contributed by atoms with Gasteiger partial charge in [-0.1, -0.05) is 23.2 Å². The van der Waals surface area contributed by atoms with Crippen LogP contribution in [-0.4, -0.2) is 26.7 Å². The van der Waals surface area contributed by atoms with Gasteiger partial charge in [-0.25, -0.2) is 0 Å². The third kappa shape index (κ3) is 4.68. The summed E-state index contributed by atoms with van der Waals surface area (Å²) in [6.45, 7) is -0.207. The molecule has 23 heavy (non-hydrogen) atoms. The van der Waals surface area contributed by atoms with Crippen LogP contribution in [0.5, 0.6) is 17.2 Å². The van der Waals surface area contributed by atoms with E-state index in [9.17, 15) is 4.79 Å². The lowest BCUT2D eigenvalue weighted by Gasteiger charge is -2.12. The maximum absolute atomic E-state index is 12.0. The Bertz CT molecular complexity index is 706. The molecule has 2 aromatic carbocycles. The van der Waals surface area contributed by atoms with Crippen molar-refractivity contribution >= 4 is 34.8 Å². The lowest BCUT2D eigenvalue weighted by molar-refractivity contribution is -0.118. The van der Waals surface area contributed by atoms with Crippen LogP contribution in [0, 0.1) is 0 Å². The maximum atomic E-state index is 12.0. The summed E-state index contributed by atoms with van der Waals surface area (Å²) in [6, 6.07) is 9.87. The van der Waals surface area contributed by atoms with E-state index in [-0.39, 0.29) is 12.5 Å². The Labute approximate surface area is 144 Å². The molecule has 0 saturated carbocycles. The summed E-state index contributed by atoms with van der Waals surface area (Å²) in [7, 11) is 3.06. The highest BCUT2D eigenvalue weighted by atomic mass is 35.5. The fraction of sp³-hybridized carbons (Fsp3) is 0.188. The molecular formula is C16H15Cl2NO4. The molecule has 0 aromatic heterocycles. The van der Waals surface area contributed by atoms with E-state index in [1.807, 2.05) is 0 Å². The Morgan fingerprint density at radius 3 is 2.43 bits per heavy atom. The zero-order valence-electron chi connectivity index (χ0n) is 12.6. The number of methoxy groups -OCH3 is 2. The van der Waals surface area contributed by atoms with Gasteiger partial charge in [0, 0.05) is 11.1 Å². The first-order valence-corrected chi connectivity index (χ1v) is 7.39. The van der Waals surface area contributed by atoms with Crippen molar-refractivity contribution in [3.8, 4) is 17.2 Å². The van der Waals surface area contributed by atoms with Crippen LogP contribution in [-0.2, 0) is 4.79 Å². The molecule has 1 amide bonds. The molecule has 0 bridgehead atoms. The van der Waals surface area contributed by atoms with E-state index >= 15 is 0 Å². The SMILES string of the molecule is COc1ccc(OC)c(NC(=O)COc2ccc(Cl)cc2Cl)c1. The van der Waals surface area contributed by atoms with Crippen molar-refractivity contribution in [2.75, 3.05) is 26.1 Å². The van der Waals surface area contributed by atoms with Crippen LogP contribution in [0.4, 0.5) is 5.69 Å². The van der Waals surface area contributed by atoms with E-state index in [2.05, 4.69) is 5.32 Å². The summed E-state index contributed by atoms with van der Waals surface area (Å²) in [5.41, 5.74) is 0.489. The summed E-state index contributed by atoms with van der Waals surface area (Å²) in [5, 5.41) is 3.53. The van der Waals surface area contributed by atoms with Gasteiger partial charge in [0.1, 0.15) is 17.2 Å². The Morgan fingerprint density at radius 2 is 1.78 bits per heavy atom. The van der Waals surface area contributed by atoms with Gasteiger partial charge in [-0.15, -0.1) is 0 Å². The number of amides is 1. The van der Waals surface area contributed by atoms with E-state index in [0.717, 1.165) is 0 Å². The van der Waals surface area contributed by atoms with E-state index in [1.54, 1.807) is 43.5 Å². The summed E-state index contributed by atoms with van der Waals surface area (Å²) in [5.74, 6) is 1.14. The molecule has 0 fully saturated rings. The minimum absolute atomic E-state index is 0.207. The Morgan fingerprint density at radius 1 is 1.04 bits per heavy atom. The number of anilines is 1. The fourth-order valence-electron chi connectivity index (χ4n) is 1.83. The molecule has 1 N–H and O–H groups in total. The zero-order chi connectivity index (χ0) is 16.8. The molecular weight excluding hydrogens is 341 g/mol. The van der Waals surface area contributed by atoms with E-state index in [4.69, 9.17) is 37.4 Å². The monoisotopic (exact) mass is 355 g/mol. The average molecular weight is 356 g/mol. The second-order valence-electron chi connectivity index (χ2n) is 4.48.